The molecule has 0 aliphatic heterocycles. The third-order valence-corrected chi connectivity index (χ3v) is 3.57. The second kappa shape index (κ2) is 4.63. The molecule has 0 saturated carbocycles. The van der Waals surface area contributed by atoms with Gasteiger partial charge >= 0.3 is 0 Å². The van der Waals surface area contributed by atoms with Gasteiger partial charge in [-0.05, 0) is 36.4 Å². The SMILES string of the molecule is Fc1ccc(-c2nc3cccnc3c3ccccc23)cc1. The van der Waals surface area contributed by atoms with Crippen LogP contribution in [-0.2, 0) is 0 Å². The lowest BCUT2D eigenvalue weighted by Gasteiger charge is -2.09. The molecular formula is C18H11FN2. The third-order valence-electron chi connectivity index (χ3n) is 3.57. The Labute approximate surface area is 120 Å². The highest BCUT2D eigenvalue weighted by Gasteiger charge is 2.10. The smallest absolute Gasteiger partial charge is 0.123 e. The largest absolute Gasteiger partial charge is 0.254 e. The maximum Gasteiger partial charge on any atom is 0.123 e. The minimum Gasteiger partial charge on any atom is -0.254 e. The number of hydrogen-bond donors (Lipinski definition) is 0. The van der Waals surface area contributed by atoms with Crippen LogP contribution in [0.1, 0.15) is 0 Å². The van der Waals surface area contributed by atoms with Gasteiger partial charge in [0.15, 0.2) is 0 Å². The first-order valence-electron chi connectivity index (χ1n) is 6.72. The molecule has 0 atom stereocenters. The number of hydrogen-bond acceptors (Lipinski definition) is 2. The van der Waals surface area contributed by atoms with Crippen molar-refractivity contribution in [3.63, 3.8) is 0 Å². The van der Waals surface area contributed by atoms with Crippen molar-refractivity contribution < 1.29 is 4.39 Å². The van der Waals surface area contributed by atoms with Gasteiger partial charge in [-0.25, -0.2) is 9.37 Å². The van der Waals surface area contributed by atoms with Crippen molar-refractivity contribution in [3.05, 3.63) is 72.7 Å². The maximum absolute atomic E-state index is 13.1. The van der Waals surface area contributed by atoms with Gasteiger partial charge < -0.3 is 0 Å². The molecule has 2 heterocycles. The lowest BCUT2D eigenvalue weighted by Crippen LogP contribution is -1.91. The van der Waals surface area contributed by atoms with Crippen molar-refractivity contribution in [1.82, 2.24) is 9.97 Å². The van der Waals surface area contributed by atoms with Crippen molar-refractivity contribution in [3.8, 4) is 11.3 Å². The van der Waals surface area contributed by atoms with Gasteiger partial charge in [0.1, 0.15) is 5.82 Å². The average Bonchev–Trinajstić information content (AvgIpc) is 2.55. The molecule has 0 spiro atoms. The summed E-state index contributed by atoms with van der Waals surface area (Å²) >= 11 is 0. The number of halogens is 1. The van der Waals surface area contributed by atoms with Crippen molar-refractivity contribution in [1.29, 1.82) is 0 Å². The molecule has 0 N–H and O–H groups in total. The van der Waals surface area contributed by atoms with E-state index in [0.29, 0.717) is 0 Å². The van der Waals surface area contributed by atoms with Gasteiger partial charge in [0.25, 0.3) is 0 Å². The quantitative estimate of drug-likeness (QED) is 0.474. The van der Waals surface area contributed by atoms with E-state index < -0.39 is 0 Å². The summed E-state index contributed by atoms with van der Waals surface area (Å²) in [5.74, 6) is -0.245. The number of rotatable bonds is 1. The minimum absolute atomic E-state index is 0.245. The van der Waals surface area contributed by atoms with E-state index in [1.807, 2.05) is 36.4 Å². The van der Waals surface area contributed by atoms with Gasteiger partial charge in [-0.3, -0.25) is 4.98 Å². The van der Waals surface area contributed by atoms with Crippen LogP contribution in [0.15, 0.2) is 66.9 Å². The zero-order valence-electron chi connectivity index (χ0n) is 11.1. The monoisotopic (exact) mass is 274 g/mol. The van der Waals surface area contributed by atoms with Crippen molar-refractivity contribution >= 4 is 21.8 Å². The fourth-order valence-electron chi connectivity index (χ4n) is 2.60. The first-order chi connectivity index (χ1) is 10.3. The van der Waals surface area contributed by atoms with E-state index in [9.17, 15) is 4.39 Å². The van der Waals surface area contributed by atoms with Crippen LogP contribution in [0.4, 0.5) is 4.39 Å². The van der Waals surface area contributed by atoms with Gasteiger partial charge in [0.2, 0.25) is 0 Å². The Morgan fingerprint density at radius 1 is 0.762 bits per heavy atom. The van der Waals surface area contributed by atoms with Crippen LogP contribution in [-0.4, -0.2) is 9.97 Å². The number of fused-ring (bicyclic) bond motifs is 3. The summed E-state index contributed by atoms with van der Waals surface area (Å²) in [7, 11) is 0. The summed E-state index contributed by atoms with van der Waals surface area (Å²) in [6.45, 7) is 0. The Morgan fingerprint density at radius 2 is 1.52 bits per heavy atom. The molecule has 2 aromatic heterocycles. The summed E-state index contributed by atoms with van der Waals surface area (Å²) < 4.78 is 13.1. The number of nitrogens with zero attached hydrogens (tertiary/aromatic N) is 2. The molecule has 0 fully saturated rings. The number of aromatic nitrogens is 2. The Kier molecular flexibility index (Phi) is 2.64. The standard InChI is InChI=1S/C18H11FN2/c19-13-9-7-12(8-10-13)17-14-4-1-2-5-15(14)18-16(21-17)6-3-11-20-18/h1-11H. The van der Waals surface area contributed by atoms with Crippen molar-refractivity contribution in [2.75, 3.05) is 0 Å². The van der Waals surface area contributed by atoms with Crippen LogP contribution in [0.5, 0.6) is 0 Å². The van der Waals surface area contributed by atoms with E-state index in [0.717, 1.165) is 33.1 Å². The molecule has 0 amide bonds. The molecule has 0 radical (unpaired) electrons. The third kappa shape index (κ3) is 1.94. The van der Waals surface area contributed by atoms with Crippen LogP contribution >= 0.6 is 0 Å². The molecule has 2 aromatic carbocycles. The molecule has 0 aliphatic carbocycles. The highest BCUT2D eigenvalue weighted by atomic mass is 19.1. The summed E-state index contributed by atoms with van der Waals surface area (Å²) in [4.78, 5) is 9.15. The van der Waals surface area contributed by atoms with Crippen LogP contribution in [0.25, 0.3) is 33.1 Å². The van der Waals surface area contributed by atoms with Crippen LogP contribution in [0.2, 0.25) is 0 Å². The molecule has 0 aliphatic rings. The van der Waals surface area contributed by atoms with Crippen LogP contribution in [0, 0.1) is 5.82 Å². The lowest BCUT2D eigenvalue weighted by molar-refractivity contribution is 0.628. The topological polar surface area (TPSA) is 25.8 Å². The fourth-order valence-corrected chi connectivity index (χ4v) is 2.60. The first kappa shape index (κ1) is 12.0. The minimum atomic E-state index is -0.245. The summed E-state index contributed by atoms with van der Waals surface area (Å²) in [6.07, 6.45) is 1.77. The molecule has 21 heavy (non-hydrogen) atoms. The van der Waals surface area contributed by atoms with E-state index in [-0.39, 0.29) is 5.82 Å². The fraction of sp³-hybridized carbons (Fsp3) is 0. The maximum atomic E-state index is 13.1. The normalized spacial score (nSPS) is 11.1. The highest BCUT2D eigenvalue weighted by molar-refractivity contribution is 6.08. The van der Waals surface area contributed by atoms with Crippen molar-refractivity contribution in [2.45, 2.75) is 0 Å². The van der Waals surface area contributed by atoms with E-state index >= 15 is 0 Å². The van der Waals surface area contributed by atoms with Crippen LogP contribution in [0.3, 0.4) is 0 Å². The average molecular weight is 274 g/mol. The van der Waals surface area contributed by atoms with Gasteiger partial charge in [0, 0.05) is 22.5 Å². The number of pyridine rings is 2. The second-order valence-corrected chi connectivity index (χ2v) is 4.88. The zero-order chi connectivity index (χ0) is 14.2. The molecule has 4 rings (SSSR count). The molecule has 3 heteroatoms. The molecule has 0 bridgehead atoms. The van der Waals surface area contributed by atoms with Gasteiger partial charge in [0.05, 0.1) is 16.7 Å². The zero-order valence-corrected chi connectivity index (χ0v) is 11.1. The summed E-state index contributed by atoms with van der Waals surface area (Å²) in [5.41, 5.74) is 3.49. The Balaban J connectivity index is 2.13. The van der Waals surface area contributed by atoms with E-state index in [1.165, 1.54) is 12.1 Å². The van der Waals surface area contributed by atoms with E-state index in [1.54, 1.807) is 18.3 Å². The Hall–Kier alpha value is -2.81. The highest BCUT2D eigenvalue weighted by Crippen LogP contribution is 2.31. The number of benzene rings is 2. The van der Waals surface area contributed by atoms with Gasteiger partial charge in [-0.1, -0.05) is 24.3 Å². The Bertz CT molecular complexity index is 946. The molecule has 0 saturated heterocycles. The predicted octanol–water partition coefficient (Wildman–Crippen LogP) is 4.59. The van der Waals surface area contributed by atoms with Crippen molar-refractivity contribution in [2.24, 2.45) is 0 Å². The Morgan fingerprint density at radius 3 is 2.33 bits per heavy atom. The summed E-state index contributed by atoms with van der Waals surface area (Å²) in [5, 5.41) is 2.08. The second-order valence-electron chi connectivity index (χ2n) is 4.88. The first-order valence-corrected chi connectivity index (χ1v) is 6.72. The molecule has 4 aromatic rings. The van der Waals surface area contributed by atoms with E-state index in [2.05, 4.69) is 4.98 Å². The lowest BCUT2D eigenvalue weighted by atomic mass is 10.0. The van der Waals surface area contributed by atoms with Gasteiger partial charge in [-0.2, -0.15) is 0 Å². The predicted molar refractivity (Wildman–Crippen MR) is 82.4 cm³/mol. The molecular weight excluding hydrogens is 263 g/mol. The molecule has 0 unspecified atom stereocenters. The summed E-state index contributed by atoms with van der Waals surface area (Å²) in [6, 6.07) is 18.3. The molecule has 2 nitrogen and oxygen atoms in total. The van der Waals surface area contributed by atoms with E-state index in [4.69, 9.17) is 4.98 Å². The van der Waals surface area contributed by atoms with Gasteiger partial charge in [-0.15, -0.1) is 0 Å². The molecule has 100 valence electrons. The van der Waals surface area contributed by atoms with Crippen LogP contribution < -0.4 is 0 Å².